The Morgan fingerprint density at radius 2 is 1.96 bits per heavy atom. The Morgan fingerprint density at radius 1 is 1.26 bits per heavy atom. The van der Waals surface area contributed by atoms with Crippen LogP contribution < -0.4 is 5.32 Å². The fraction of sp³-hybridized carbons (Fsp3) is 0.529. The van der Waals surface area contributed by atoms with E-state index in [1.807, 2.05) is 18.7 Å². The van der Waals surface area contributed by atoms with Crippen molar-refractivity contribution in [1.29, 1.82) is 0 Å². The van der Waals surface area contributed by atoms with Crippen molar-refractivity contribution in [3.8, 4) is 0 Å². The van der Waals surface area contributed by atoms with Gasteiger partial charge in [-0.3, -0.25) is 14.5 Å². The first kappa shape index (κ1) is 17.8. The predicted molar refractivity (Wildman–Crippen MR) is 91.7 cm³/mol. The van der Waals surface area contributed by atoms with Crippen molar-refractivity contribution in [2.45, 2.75) is 26.3 Å². The van der Waals surface area contributed by atoms with Crippen molar-refractivity contribution in [3.05, 3.63) is 34.9 Å². The van der Waals surface area contributed by atoms with Crippen LogP contribution in [0.2, 0.25) is 5.02 Å². The van der Waals surface area contributed by atoms with Crippen LogP contribution >= 0.6 is 11.6 Å². The van der Waals surface area contributed by atoms with Crippen molar-refractivity contribution < 1.29 is 9.59 Å². The summed E-state index contributed by atoms with van der Waals surface area (Å²) >= 11 is 5.94. The van der Waals surface area contributed by atoms with E-state index in [0.717, 1.165) is 6.42 Å². The highest BCUT2D eigenvalue weighted by Gasteiger charge is 2.23. The van der Waals surface area contributed by atoms with Gasteiger partial charge in [0, 0.05) is 42.8 Å². The first-order chi connectivity index (χ1) is 11.0. The van der Waals surface area contributed by atoms with Gasteiger partial charge in [-0.2, -0.15) is 0 Å². The van der Waals surface area contributed by atoms with E-state index < -0.39 is 0 Å². The summed E-state index contributed by atoms with van der Waals surface area (Å²) in [6, 6.07) is 7.21. The molecular weight excluding hydrogens is 314 g/mol. The zero-order chi connectivity index (χ0) is 16.8. The van der Waals surface area contributed by atoms with E-state index in [9.17, 15) is 9.59 Å². The van der Waals surface area contributed by atoms with Crippen molar-refractivity contribution in [2.24, 2.45) is 0 Å². The number of rotatable bonds is 5. The number of carbonyl (C=O) groups is 2. The van der Waals surface area contributed by atoms with Gasteiger partial charge in [-0.05, 0) is 31.5 Å². The fourth-order valence-electron chi connectivity index (χ4n) is 2.54. The van der Waals surface area contributed by atoms with E-state index in [4.69, 9.17) is 11.6 Å². The summed E-state index contributed by atoms with van der Waals surface area (Å²) in [5.41, 5.74) is 0.612. The molecule has 126 valence electrons. The molecule has 1 heterocycles. The third kappa shape index (κ3) is 5.22. The van der Waals surface area contributed by atoms with Crippen molar-refractivity contribution in [1.82, 2.24) is 15.1 Å². The van der Waals surface area contributed by atoms with Gasteiger partial charge in [0.25, 0.3) is 5.91 Å². The lowest BCUT2D eigenvalue weighted by Gasteiger charge is -2.34. The summed E-state index contributed by atoms with van der Waals surface area (Å²) in [4.78, 5) is 28.2. The average molecular weight is 338 g/mol. The standard InChI is InChI=1S/C17H24ClN3O2/c1-3-13(2)19-16(22)12-20-7-9-21(10-8-20)17(23)14-5-4-6-15(18)11-14/h4-6,11,13H,3,7-10,12H2,1-2H3,(H,19,22). The minimum absolute atomic E-state index is 0.00351. The number of nitrogens with one attached hydrogen (secondary N) is 1. The van der Waals surface area contributed by atoms with Gasteiger partial charge >= 0.3 is 0 Å². The molecule has 1 aliphatic rings. The van der Waals surface area contributed by atoms with Gasteiger partial charge in [0.2, 0.25) is 5.91 Å². The lowest BCUT2D eigenvalue weighted by Crippen LogP contribution is -2.51. The molecule has 0 saturated carbocycles. The molecule has 0 radical (unpaired) electrons. The van der Waals surface area contributed by atoms with Crippen LogP contribution in [0.5, 0.6) is 0 Å². The van der Waals surface area contributed by atoms with Gasteiger partial charge in [-0.1, -0.05) is 24.6 Å². The molecule has 0 aliphatic carbocycles. The average Bonchev–Trinajstić information content (AvgIpc) is 2.54. The van der Waals surface area contributed by atoms with Gasteiger partial charge < -0.3 is 10.2 Å². The number of hydrogen-bond acceptors (Lipinski definition) is 3. The van der Waals surface area contributed by atoms with Gasteiger partial charge in [0.15, 0.2) is 0 Å². The number of benzene rings is 1. The smallest absolute Gasteiger partial charge is 0.253 e. The summed E-state index contributed by atoms with van der Waals surface area (Å²) in [6.07, 6.45) is 0.924. The Kier molecular flexibility index (Phi) is 6.42. The quantitative estimate of drug-likeness (QED) is 0.894. The van der Waals surface area contributed by atoms with Crippen LogP contribution in [0.4, 0.5) is 0 Å². The second-order valence-electron chi connectivity index (χ2n) is 5.96. The topological polar surface area (TPSA) is 52.7 Å². The molecule has 1 aromatic rings. The molecule has 1 aliphatic heterocycles. The fourth-order valence-corrected chi connectivity index (χ4v) is 2.73. The largest absolute Gasteiger partial charge is 0.353 e. The molecule has 1 atom stereocenters. The lowest BCUT2D eigenvalue weighted by molar-refractivity contribution is -0.123. The zero-order valence-electron chi connectivity index (χ0n) is 13.7. The number of amides is 2. The third-order valence-corrected chi connectivity index (χ3v) is 4.35. The molecule has 1 unspecified atom stereocenters. The van der Waals surface area contributed by atoms with E-state index in [1.54, 1.807) is 24.3 Å². The van der Waals surface area contributed by atoms with Gasteiger partial charge in [0.1, 0.15) is 0 Å². The first-order valence-electron chi connectivity index (χ1n) is 8.06. The van der Waals surface area contributed by atoms with E-state index in [2.05, 4.69) is 10.2 Å². The van der Waals surface area contributed by atoms with Crippen LogP contribution in [0.25, 0.3) is 0 Å². The molecule has 23 heavy (non-hydrogen) atoms. The molecule has 1 aromatic carbocycles. The molecule has 1 N–H and O–H groups in total. The van der Waals surface area contributed by atoms with Crippen LogP contribution in [0, 0.1) is 0 Å². The minimum atomic E-state index is -0.00351. The van der Waals surface area contributed by atoms with Crippen LogP contribution in [-0.2, 0) is 4.79 Å². The Hall–Kier alpha value is -1.59. The molecular formula is C17H24ClN3O2. The molecule has 5 nitrogen and oxygen atoms in total. The molecule has 0 bridgehead atoms. The van der Waals surface area contributed by atoms with Crippen LogP contribution in [-0.4, -0.2) is 60.4 Å². The van der Waals surface area contributed by atoms with Gasteiger partial charge in [-0.15, -0.1) is 0 Å². The van der Waals surface area contributed by atoms with Crippen LogP contribution in [0.15, 0.2) is 24.3 Å². The van der Waals surface area contributed by atoms with Crippen molar-refractivity contribution >= 4 is 23.4 Å². The Morgan fingerprint density at radius 3 is 2.57 bits per heavy atom. The summed E-state index contributed by atoms with van der Waals surface area (Å²) in [5, 5.41) is 3.53. The van der Waals surface area contributed by atoms with Gasteiger partial charge in [0.05, 0.1) is 6.54 Å². The second kappa shape index (κ2) is 8.31. The maximum atomic E-state index is 12.4. The summed E-state index contributed by atoms with van der Waals surface area (Å²) in [7, 11) is 0. The predicted octanol–water partition coefficient (Wildman–Crippen LogP) is 2.01. The maximum Gasteiger partial charge on any atom is 0.253 e. The molecule has 1 saturated heterocycles. The van der Waals surface area contributed by atoms with Crippen LogP contribution in [0.1, 0.15) is 30.6 Å². The number of halogens is 1. The summed E-state index contributed by atoms with van der Waals surface area (Å²) in [5.74, 6) is 0.0465. The molecule has 0 spiro atoms. The van der Waals surface area contributed by atoms with E-state index in [1.165, 1.54) is 0 Å². The Balaban J connectivity index is 1.82. The number of piperazine rings is 1. The molecule has 0 aromatic heterocycles. The molecule has 6 heteroatoms. The van der Waals surface area contributed by atoms with Gasteiger partial charge in [-0.25, -0.2) is 0 Å². The molecule has 1 fully saturated rings. The number of hydrogen-bond donors (Lipinski definition) is 1. The molecule has 2 rings (SSSR count). The zero-order valence-corrected chi connectivity index (χ0v) is 14.5. The van der Waals surface area contributed by atoms with Crippen molar-refractivity contribution in [2.75, 3.05) is 32.7 Å². The number of carbonyl (C=O) groups excluding carboxylic acids is 2. The van der Waals surface area contributed by atoms with E-state index in [0.29, 0.717) is 43.3 Å². The molecule has 2 amide bonds. The maximum absolute atomic E-state index is 12.4. The van der Waals surface area contributed by atoms with E-state index >= 15 is 0 Å². The third-order valence-electron chi connectivity index (χ3n) is 4.12. The Bertz CT molecular complexity index is 557. The van der Waals surface area contributed by atoms with E-state index in [-0.39, 0.29) is 17.9 Å². The van der Waals surface area contributed by atoms with Crippen LogP contribution in [0.3, 0.4) is 0 Å². The normalized spacial score (nSPS) is 16.9. The highest BCUT2D eigenvalue weighted by molar-refractivity contribution is 6.30. The minimum Gasteiger partial charge on any atom is -0.353 e. The highest BCUT2D eigenvalue weighted by atomic mass is 35.5. The number of nitrogens with zero attached hydrogens (tertiary/aromatic N) is 2. The SMILES string of the molecule is CCC(C)NC(=O)CN1CCN(C(=O)c2cccc(Cl)c2)CC1. The summed E-state index contributed by atoms with van der Waals surface area (Å²) in [6.45, 7) is 7.11. The second-order valence-corrected chi connectivity index (χ2v) is 6.39. The van der Waals surface area contributed by atoms with Crippen molar-refractivity contribution in [3.63, 3.8) is 0 Å². The summed E-state index contributed by atoms with van der Waals surface area (Å²) < 4.78 is 0. The Labute approximate surface area is 142 Å². The lowest BCUT2D eigenvalue weighted by atomic mass is 10.2. The first-order valence-corrected chi connectivity index (χ1v) is 8.44. The highest BCUT2D eigenvalue weighted by Crippen LogP contribution is 2.14. The monoisotopic (exact) mass is 337 g/mol.